The molecule has 0 bridgehead atoms. The maximum absolute atomic E-state index is 13.3. The number of benzene rings is 2. The molecule has 0 aliphatic rings. The highest BCUT2D eigenvalue weighted by Crippen LogP contribution is 2.31. The van der Waals surface area contributed by atoms with Crippen molar-refractivity contribution < 1.29 is 17.9 Å². The van der Waals surface area contributed by atoms with Crippen LogP contribution in [0.1, 0.15) is 19.4 Å². The monoisotopic (exact) mass is 517 g/mol. The van der Waals surface area contributed by atoms with E-state index in [4.69, 9.17) is 4.74 Å². The van der Waals surface area contributed by atoms with E-state index in [-0.39, 0.29) is 11.6 Å². The van der Waals surface area contributed by atoms with Crippen molar-refractivity contribution in [2.24, 2.45) is 7.05 Å². The Morgan fingerprint density at radius 1 is 0.974 bits per heavy atom. The van der Waals surface area contributed by atoms with Crippen LogP contribution in [0.25, 0.3) is 38.8 Å². The first-order valence-corrected chi connectivity index (χ1v) is 11.7. The third kappa shape index (κ3) is 4.47. The molecule has 0 radical (unpaired) electrons. The number of hydrogen-bond donors (Lipinski definition) is 0. The highest BCUT2D eigenvalue weighted by molar-refractivity contribution is 6.04. The minimum atomic E-state index is -4.45. The number of rotatable bonds is 5. The van der Waals surface area contributed by atoms with Crippen LogP contribution in [0.15, 0.2) is 71.8 Å². The second-order valence-corrected chi connectivity index (χ2v) is 9.47. The summed E-state index contributed by atoms with van der Waals surface area (Å²) in [6, 6.07) is 18.1. The van der Waals surface area contributed by atoms with Crippen molar-refractivity contribution in [1.29, 1.82) is 5.26 Å². The quantitative estimate of drug-likeness (QED) is 0.299. The predicted molar refractivity (Wildman–Crippen MR) is 137 cm³/mol. The van der Waals surface area contributed by atoms with Crippen molar-refractivity contribution in [3.8, 4) is 28.8 Å². The van der Waals surface area contributed by atoms with Gasteiger partial charge in [-0.1, -0.05) is 18.2 Å². The smallest absolute Gasteiger partial charge is 0.422 e. The van der Waals surface area contributed by atoms with Crippen LogP contribution in [-0.4, -0.2) is 31.9 Å². The molecule has 0 saturated carbocycles. The summed E-state index contributed by atoms with van der Waals surface area (Å²) >= 11 is 0. The van der Waals surface area contributed by atoms with Crippen LogP contribution in [-0.2, 0) is 12.5 Å². The van der Waals surface area contributed by atoms with Crippen LogP contribution in [0.3, 0.4) is 0 Å². The zero-order valence-electron chi connectivity index (χ0n) is 20.7. The first-order chi connectivity index (χ1) is 18.0. The van der Waals surface area contributed by atoms with Crippen LogP contribution in [0.4, 0.5) is 13.2 Å². The number of hydrogen-bond acceptors (Lipinski definition) is 5. The zero-order valence-corrected chi connectivity index (χ0v) is 20.7. The summed E-state index contributed by atoms with van der Waals surface area (Å²) in [4.78, 5) is 21.9. The van der Waals surface area contributed by atoms with E-state index >= 15 is 0 Å². The summed E-state index contributed by atoms with van der Waals surface area (Å²) < 4.78 is 45.1. The van der Waals surface area contributed by atoms with Crippen LogP contribution in [0.2, 0.25) is 0 Å². The van der Waals surface area contributed by atoms with E-state index in [1.807, 2.05) is 56.3 Å². The molecular formula is C28H22F3N5O2. The maximum atomic E-state index is 13.3. The standard InChI is InChI=1S/C28H22F3N5O2/c1-27(2,15-32)19-6-8-20(9-7-19)36-25-21-12-17(4-10-22(21)33-14-23(25)35(3)26(36)37)18-5-11-24(34-13-18)38-16-28(29,30)31/h4-14H,16H2,1-3H3. The summed E-state index contributed by atoms with van der Waals surface area (Å²) in [5.41, 5.74) is 3.93. The molecule has 5 rings (SSSR count). The van der Waals surface area contributed by atoms with Gasteiger partial charge in [0.25, 0.3) is 0 Å². The van der Waals surface area contributed by atoms with Crippen LogP contribution < -0.4 is 10.4 Å². The number of aromatic nitrogens is 4. The third-order valence-electron chi connectivity index (χ3n) is 6.46. The molecule has 0 saturated heterocycles. The number of halogens is 3. The number of aryl methyl sites for hydroxylation is 1. The molecule has 5 aromatic rings. The summed E-state index contributed by atoms with van der Waals surface area (Å²) in [6.07, 6.45) is -1.36. The second kappa shape index (κ2) is 9.03. The number of pyridine rings is 2. The molecule has 3 aromatic heterocycles. The third-order valence-corrected chi connectivity index (χ3v) is 6.46. The molecule has 0 atom stereocenters. The fourth-order valence-corrected chi connectivity index (χ4v) is 4.30. The van der Waals surface area contributed by atoms with E-state index < -0.39 is 18.2 Å². The Balaban J connectivity index is 1.62. The van der Waals surface area contributed by atoms with E-state index in [9.17, 15) is 23.2 Å². The Labute approximate surface area is 215 Å². The van der Waals surface area contributed by atoms with Gasteiger partial charge in [-0.15, -0.1) is 0 Å². The van der Waals surface area contributed by atoms with Crippen LogP contribution >= 0.6 is 0 Å². The van der Waals surface area contributed by atoms with Gasteiger partial charge in [-0.3, -0.25) is 14.1 Å². The van der Waals surface area contributed by atoms with E-state index in [1.165, 1.54) is 16.8 Å². The van der Waals surface area contributed by atoms with Gasteiger partial charge in [-0.25, -0.2) is 9.78 Å². The topological polar surface area (TPSA) is 85.7 Å². The lowest BCUT2D eigenvalue weighted by Gasteiger charge is -2.16. The lowest BCUT2D eigenvalue weighted by Crippen LogP contribution is -2.21. The van der Waals surface area contributed by atoms with Gasteiger partial charge >= 0.3 is 11.9 Å². The van der Waals surface area contributed by atoms with Crippen molar-refractivity contribution in [2.75, 3.05) is 6.61 Å². The van der Waals surface area contributed by atoms with Gasteiger partial charge in [-0.2, -0.15) is 18.4 Å². The summed E-state index contributed by atoms with van der Waals surface area (Å²) in [7, 11) is 1.68. The average Bonchev–Trinajstić information content (AvgIpc) is 3.17. The number of nitrogens with zero attached hydrogens (tertiary/aromatic N) is 5. The lowest BCUT2D eigenvalue weighted by atomic mass is 9.86. The summed E-state index contributed by atoms with van der Waals surface area (Å²) in [5.74, 6) is -0.129. The Morgan fingerprint density at radius 2 is 1.68 bits per heavy atom. The fraction of sp³-hybridized carbons (Fsp3) is 0.214. The number of alkyl halides is 3. The van der Waals surface area contributed by atoms with Crippen LogP contribution in [0.5, 0.6) is 5.88 Å². The molecule has 0 aliphatic carbocycles. The van der Waals surface area contributed by atoms with Crippen molar-refractivity contribution in [2.45, 2.75) is 25.4 Å². The molecule has 0 amide bonds. The number of imidazole rings is 1. The van der Waals surface area contributed by atoms with Gasteiger partial charge < -0.3 is 4.74 Å². The highest BCUT2D eigenvalue weighted by atomic mass is 19.4. The predicted octanol–water partition coefficient (Wildman–Crippen LogP) is 5.68. The first-order valence-electron chi connectivity index (χ1n) is 11.7. The summed E-state index contributed by atoms with van der Waals surface area (Å²) in [6.45, 7) is 2.24. The van der Waals surface area contributed by atoms with Gasteiger partial charge in [0, 0.05) is 30.3 Å². The van der Waals surface area contributed by atoms with Crippen LogP contribution in [0, 0.1) is 11.3 Å². The largest absolute Gasteiger partial charge is 0.468 e. The zero-order chi connectivity index (χ0) is 27.2. The van der Waals surface area contributed by atoms with Crippen molar-refractivity contribution in [3.63, 3.8) is 0 Å². The Bertz CT molecular complexity index is 1760. The van der Waals surface area contributed by atoms with E-state index in [2.05, 4.69) is 16.0 Å². The summed E-state index contributed by atoms with van der Waals surface area (Å²) in [5, 5.41) is 10.2. The normalized spacial score (nSPS) is 12.1. The molecule has 0 spiro atoms. The molecule has 7 nitrogen and oxygen atoms in total. The van der Waals surface area contributed by atoms with Gasteiger partial charge in [0.15, 0.2) is 6.61 Å². The van der Waals surface area contributed by atoms with E-state index in [0.29, 0.717) is 27.8 Å². The van der Waals surface area contributed by atoms with Crippen molar-refractivity contribution >= 4 is 21.9 Å². The second-order valence-electron chi connectivity index (χ2n) is 9.47. The molecule has 3 heterocycles. The molecule has 192 valence electrons. The van der Waals surface area contributed by atoms with Crippen molar-refractivity contribution in [1.82, 2.24) is 19.1 Å². The molecule has 0 fully saturated rings. The Morgan fingerprint density at radius 3 is 2.32 bits per heavy atom. The molecule has 38 heavy (non-hydrogen) atoms. The minimum Gasteiger partial charge on any atom is -0.468 e. The molecule has 2 aromatic carbocycles. The Hall–Kier alpha value is -4.65. The van der Waals surface area contributed by atoms with Gasteiger partial charge in [0.1, 0.15) is 0 Å². The number of nitriles is 1. The number of fused-ring (bicyclic) bond motifs is 3. The molecule has 0 aliphatic heterocycles. The fourth-order valence-electron chi connectivity index (χ4n) is 4.30. The minimum absolute atomic E-state index is 0.129. The lowest BCUT2D eigenvalue weighted by molar-refractivity contribution is -0.154. The average molecular weight is 518 g/mol. The van der Waals surface area contributed by atoms with Gasteiger partial charge in [0.2, 0.25) is 5.88 Å². The number of ether oxygens (including phenoxy) is 1. The van der Waals surface area contributed by atoms with Gasteiger partial charge in [-0.05, 0) is 55.3 Å². The SMILES string of the molecule is Cn1c(=O)n(-c2ccc(C(C)(C)C#N)cc2)c2c3cc(-c4ccc(OCC(F)(F)F)nc4)ccc3ncc21. The highest BCUT2D eigenvalue weighted by Gasteiger charge is 2.28. The van der Waals surface area contributed by atoms with E-state index in [0.717, 1.165) is 16.5 Å². The molecule has 0 N–H and O–H groups in total. The molecule has 0 unspecified atom stereocenters. The van der Waals surface area contributed by atoms with E-state index in [1.54, 1.807) is 23.9 Å². The molecular weight excluding hydrogens is 495 g/mol. The maximum Gasteiger partial charge on any atom is 0.422 e. The first kappa shape index (κ1) is 25.0. The van der Waals surface area contributed by atoms with Gasteiger partial charge in [0.05, 0.1) is 39.9 Å². The van der Waals surface area contributed by atoms with Crippen molar-refractivity contribution in [3.05, 3.63) is 83.0 Å². The Kier molecular flexibility index (Phi) is 5.94. The molecule has 10 heteroatoms.